The highest BCUT2D eigenvalue weighted by Crippen LogP contribution is 2.23. The van der Waals surface area contributed by atoms with Gasteiger partial charge in [0.15, 0.2) is 0 Å². The maximum atomic E-state index is 9.31. The molecule has 0 bridgehead atoms. The van der Waals surface area contributed by atoms with Crippen molar-refractivity contribution in [3.05, 3.63) is 0 Å². The van der Waals surface area contributed by atoms with E-state index in [4.69, 9.17) is 4.74 Å². The molecule has 0 saturated carbocycles. The van der Waals surface area contributed by atoms with Crippen molar-refractivity contribution < 1.29 is 20.1 Å². The van der Waals surface area contributed by atoms with Crippen LogP contribution in [-0.2, 0) is 4.74 Å². The van der Waals surface area contributed by atoms with E-state index in [-0.39, 0.29) is 5.75 Å². The standard InChI is InChI=1S/C6H12O4S2/c7-3-2(1-11)10-6(12)5(9)4(3)8/h2-9,11-12H,1H2/t2?,3-,4?,5?,6-/m0/s1. The number of thiol groups is 2. The average Bonchev–Trinajstić information content (AvgIpc) is 2.08. The molecule has 3 unspecified atom stereocenters. The van der Waals surface area contributed by atoms with E-state index in [1.165, 1.54) is 0 Å². The summed E-state index contributed by atoms with van der Waals surface area (Å²) in [4.78, 5) is 0. The molecule has 5 atom stereocenters. The number of rotatable bonds is 1. The quantitative estimate of drug-likeness (QED) is 0.349. The third kappa shape index (κ3) is 1.89. The molecule has 1 saturated heterocycles. The first-order chi connectivity index (χ1) is 5.57. The lowest BCUT2D eigenvalue weighted by molar-refractivity contribution is -0.190. The van der Waals surface area contributed by atoms with Gasteiger partial charge in [-0.1, -0.05) is 0 Å². The van der Waals surface area contributed by atoms with Crippen molar-refractivity contribution in [2.75, 3.05) is 5.75 Å². The van der Waals surface area contributed by atoms with Crippen molar-refractivity contribution in [3.63, 3.8) is 0 Å². The normalized spacial score (nSPS) is 49.2. The van der Waals surface area contributed by atoms with Gasteiger partial charge in [0, 0.05) is 5.75 Å². The van der Waals surface area contributed by atoms with Crippen LogP contribution in [0.5, 0.6) is 0 Å². The lowest BCUT2D eigenvalue weighted by Crippen LogP contribution is -2.56. The minimum absolute atomic E-state index is 0.280. The molecule has 1 fully saturated rings. The van der Waals surface area contributed by atoms with E-state index in [2.05, 4.69) is 25.3 Å². The lowest BCUT2D eigenvalue weighted by atomic mass is 10.0. The van der Waals surface area contributed by atoms with Gasteiger partial charge in [-0.05, 0) is 0 Å². The van der Waals surface area contributed by atoms with Gasteiger partial charge in [0.25, 0.3) is 0 Å². The Bertz CT molecular complexity index is 152. The molecule has 3 N–H and O–H groups in total. The molecule has 0 aliphatic carbocycles. The van der Waals surface area contributed by atoms with Gasteiger partial charge in [0.05, 0.1) is 6.10 Å². The first kappa shape index (κ1) is 10.6. The van der Waals surface area contributed by atoms with Gasteiger partial charge in [-0.25, -0.2) is 0 Å². The molecule has 6 heteroatoms. The highest BCUT2D eigenvalue weighted by molar-refractivity contribution is 7.81. The van der Waals surface area contributed by atoms with Crippen molar-refractivity contribution in [1.82, 2.24) is 0 Å². The van der Waals surface area contributed by atoms with Crippen LogP contribution in [0.3, 0.4) is 0 Å². The van der Waals surface area contributed by atoms with E-state index in [9.17, 15) is 15.3 Å². The fourth-order valence-electron chi connectivity index (χ4n) is 1.08. The van der Waals surface area contributed by atoms with Crippen molar-refractivity contribution in [2.24, 2.45) is 0 Å². The topological polar surface area (TPSA) is 69.9 Å². The Hall–Kier alpha value is 0.540. The Kier molecular flexibility index (Phi) is 3.69. The molecule has 72 valence electrons. The van der Waals surface area contributed by atoms with Crippen LogP contribution < -0.4 is 0 Å². The molecular weight excluding hydrogens is 200 g/mol. The van der Waals surface area contributed by atoms with Gasteiger partial charge in [-0.3, -0.25) is 0 Å². The highest BCUT2D eigenvalue weighted by atomic mass is 32.1. The Balaban J connectivity index is 2.63. The highest BCUT2D eigenvalue weighted by Gasteiger charge is 2.41. The third-order valence-corrected chi connectivity index (χ3v) is 2.65. The fraction of sp³-hybridized carbons (Fsp3) is 1.00. The van der Waals surface area contributed by atoms with Crippen molar-refractivity contribution in [1.29, 1.82) is 0 Å². The first-order valence-corrected chi connectivity index (χ1v) is 4.71. The second-order valence-electron chi connectivity index (χ2n) is 2.72. The molecule has 1 heterocycles. The maximum absolute atomic E-state index is 9.31. The molecule has 1 rings (SSSR count). The smallest absolute Gasteiger partial charge is 0.129 e. The SMILES string of the molecule is OC1C(O)[C@H](S)OC(CS)[C@@H]1O. The van der Waals surface area contributed by atoms with E-state index >= 15 is 0 Å². The molecule has 0 amide bonds. The number of aliphatic hydroxyl groups is 3. The minimum atomic E-state index is -1.21. The van der Waals surface area contributed by atoms with Gasteiger partial charge in [0.2, 0.25) is 0 Å². The van der Waals surface area contributed by atoms with E-state index in [1.807, 2.05) is 0 Å². The van der Waals surface area contributed by atoms with Gasteiger partial charge >= 0.3 is 0 Å². The summed E-state index contributed by atoms with van der Waals surface area (Å²) in [6, 6.07) is 0. The molecule has 12 heavy (non-hydrogen) atoms. The predicted octanol–water partition coefficient (Wildman–Crippen LogP) is -1.35. The van der Waals surface area contributed by atoms with Crippen LogP contribution in [0, 0.1) is 0 Å². The molecule has 1 aliphatic heterocycles. The summed E-state index contributed by atoms with van der Waals surface area (Å²) in [6.45, 7) is 0. The molecule has 0 spiro atoms. The van der Waals surface area contributed by atoms with Crippen LogP contribution in [0.2, 0.25) is 0 Å². The Morgan fingerprint density at radius 1 is 1.08 bits per heavy atom. The maximum Gasteiger partial charge on any atom is 0.129 e. The summed E-state index contributed by atoms with van der Waals surface area (Å²) in [5, 5.41) is 27.8. The molecule has 0 aromatic rings. The summed E-state index contributed by atoms with van der Waals surface area (Å²) in [5.41, 5.74) is -0.763. The predicted molar refractivity (Wildman–Crippen MR) is 49.5 cm³/mol. The molecular formula is C6H12O4S2. The van der Waals surface area contributed by atoms with Gasteiger partial charge in [-0.15, -0.1) is 12.6 Å². The van der Waals surface area contributed by atoms with Crippen molar-refractivity contribution >= 4 is 25.3 Å². The Morgan fingerprint density at radius 2 is 1.67 bits per heavy atom. The van der Waals surface area contributed by atoms with Crippen LogP contribution >= 0.6 is 25.3 Å². The summed E-state index contributed by atoms with van der Waals surface area (Å²) >= 11 is 7.81. The fourth-order valence-corrected chi connectivity index (χ4v) is 1.72. The third-order valence-electron chi connectivity index (χ3n) is 1.87. The zero-order valence-electron chi connectivity index (χ0n) is 6.24. The molecule has 0 radical (unpaired) electrons. The molecule has 0 aromatic heterocycles. The summed E-state index contributed by atoms with van der Waals surface area (Å²) < 4.78 is 5.06. The van der Waals surface area contributed by atoms with Gasteiger partial charge in [0.1, 0.15) is 23.7 Å². The number of ether oxygens (including phenoxy) is 1. The monoisotopic (exact) mass is 212 g/mol. The van der Waals surface area contributed by atoms with Gasteiger partial charge < -0.3 is 20.1 Å². The molecule has 0 aromatic carbocycles. The lowest BCUT2D eigenvalue weighted by Gasteiger charge is -2.38. The summed E-state index contributed by atoms with van der Waals surface area (Å²) in [7, 11) is 0. The Labute approximate surface area is 81.4 Å². The number of hydrogen-bond donors (Lipinski definition) is 5. The summed E-state index contributed by atoms with van der Waals surface area (Å²) in [6.07, 6.45) is -4.03. The van der Waals surface area contributed by atoms with Crippen LogP contribution in [-0.4, -0.2) is 50.9 Å². The molecule has 4 nitrogen and oxygen atoms in total. The van der Waals surface area contributed by atoms with E-state index in [1.54, 1.807) is 0 Å². The second-order valence-corrected chi connectivity index (χ2v) is 3.59. The van der Waals surface area contributed by atoms with Crippen LogP contribution in [0.1, 0.15) is 0 Å². The van der Waals surface area contributed by atoms with E-state index < -0.39 is 29.9 Å². The van der Waals surface area contributed by atoms with E-state index in [0.29, 0.717) is 0 Å². The summed E-state index contributed by atoms with van der Waals surface area (Å²) in [5.74, 6) is 0.280. The van der Waals surface area contributed by atoms with Crippen molar-refractivity contribution in [2.45, 2.75) is 29.9 Å². The molecule has 1 aliphatic rings. The average molecular weight is 212 g/mol. The van der Waals surface area contributed by atoms with E-state index in [0.717, 1.165) is 0 Å². The van der Waals surface area contributed by atoms with Crippen molar-refractivity contribution in [3.8, 4) is 0 Å². The zero-order chi connectivity index (χ0) is 9.30. The Morgan fingerprint density at radius 3 is 2.17 bits per heavy atom. The minimum Gasteiger partial charge on any atom is -0.388 e. The van der Waals surface area contributed by atoms with Crippen LogP contribution in [0.4, 0.5) is 0 Å². The van der Waals surface area contributed by atoms with Gasteiger partial charge in [-0.2, -0.15) is 12.6 Å². The number of aliphatic hydroxyl groups excluding tert-OH is 3. The van der Waals surface area contributed by atoms with Crippen LogP contribution in [0.15, 0.2) is 0 Å². The largest absolute Gasteiger partial charge is 0.388 e. The van der Waals surface area contributed by atoms with Crippen LogP contribution in [0.25, 0.3) is 0 Å². The second kappa shape index (κ2) is 4.17. The first-order valence-electron chi connectivity index (χ1n) is 3.56. The zero-order valence-corrected chi connectivity index (χ0v) is 8.03. The number of hydrogen-bond acceptors (Lipinski definition) is 6.